The Labute approximate surface area is 267 Å². The molecule has 0 bridgehead atoms. The Balaban J connectivity index is 1.15. The van der Waals surface area contributed by atoms with Gasteiger partial charge < -0.3 is 10.1 Å². The fraction of sp³-hybridized carbons (Fsp3) is 0.222. The summed E-state index contributed by atoms with van der Waals surface area (Å²) in [6, 6.07) is 30.1. The second-order valence-corrected chi connectivity index (χ2v) is 13.1. The molecule has 1 N–H and O–H groups in total. The number of hydrogen-bond acceptors (Lipinski definition) is 6. The fourth-order valence-corrected chi connectivity index (χ4v) is 5.76. The molecule has 0 aliphatic heterocycles. The van der Waals surface area contributed by atoms with Crippen molar-refractivity contribution in [2.45, 2.75) is 56.2 Å². The lowest BCUT2D eigenvalue weighted by atomic mass is 9.92. The van der Waals surface area contributed by atoms with Crippen molar-refractivity contribution in [2.24, 2.45) is 0 Å². The summed E-state index contributed by atoms with van der Waals surface area (Å²) in [7, 11) is 0. The number of nitrogens with one attached hydrogen (secondary N) is 1. The third-order valence-corrected chi connectivity index (χ3v) is 8.31. The Morgan fingerprint density at radius 3 is 2.40 bits per heavy atom. The highest BCUT2D eigenvalue weighted by molar-refractivity contribution is 7.99. The zero-order valence-electron chi connectivity index (χ0n) is 26.1. The topological polar surface area (TPSA) is 86.3 Å². The molecule has 3 aromatic carbocycles. The maximum absolute atomic E-state index is 13.2. The molecule has 0 atom stereocenters. The Bertz CT molecular complexity index is 1950. The monoisotopic (exact) mass is 616 g/mol. The van der Waals surface area contributed by atoms with E-state index in [-0.39, 0.29) is 17.7 Å². The predicted octanol–water partition coefficient (Wildman–Crippen LogP) is 7.92. The van der Waals surface area contributed by atoms with Crippen LogP contribution in [0, 0.1) is 6.92 Å². The minimum atomic E-state index is -0.155. The number of hydrogen-bond donors (Lipinski definition) is 1. The van der Waals surface area contributed by atoms with E-state index in [1.54, 1.807) is 11.8 Å². The molecule has 0 fully saturated rings. The third-order valence-electron chi connectivity index (χ3n) is 7.33. The first-order chi connectivity index (χ1) is 21.7. The Morgan fingerprint density at radius 2 is 1.67 bits per heavy atom. The number of nitrogens with zero attached hydrogens (tertiary/aromatic N) is 5. The molecule has 6 rings (SSSR count). The van der Waals surface area contributed by atoms with Gasteiger partial charge in [0.2, 0.25) is 5.91 Å². The van der Waals surface area contributed by atoms with Crippen molar-refractivity contribution in [3.05, 3.63) is 114 Å². The number of ether oxygens (including phenoxy) is 1. The molecular formula is C36H36N6O2S. The first-order valence-electron chi connectivity index (χ1n) is 15.0. The number of amides is 1. The maximum atomic E-state index is 13.2. The lowest BCUT2D eigenvalue weighted by Crippen LogP contribution is -2.17. The van der Waals surface area contributed by atoms with E-state index in [2.05, 4.69) is 43.2 Å². The lowest BCUT2D eigenvalue weighted by molar-refractivity contribution is -0.115. The summed E-state index contributed by atoms with van der Waals surface area (Å²) in [5.41, 5.74) is 5.48. The van der Waals surface area contributed by atoms with Crippen LogP contribution >= 0.6 is 11.8 Å². The minimum absolute atomic E-state index is 0.0943. The van der Waals surface area contributed by atoms with Crippen LogP contribution in [0.5, 0.6) is 5.75 Å². The summed E-state index contributed by atoms with van der Waals surface area (Å²) >= 11 is 1.64. The number of anilines is 1. The average Bonchev–Trinajstić information content (AvgIpc) is 3.63. The second-order valence-electron chi connectivity index (χ2n) is 12.0. The minimum Gasteiger partial charge on any atom is -0.494 e. The smallest absolute Gasteiger partial charge is 0.229 e. The quantitative estimate of drug-likeness (QED) is 0.178. The van der Waals surface area contributed by atoms with Crippen molar-refractivity contribution in [1.82, 2.24) is 24.4 Å². The number of carbonyl (C=O) groups excluding carboxylic acids is 1. The van der Waals surface area contributed by atoms with Gasteiger partial charge in [-0.05, 0) is 67.9 Å². The van der Waals surface area contributed by atoms with Crippen molar-refractivity contribution in [3.8, 4) is 22.8 Å². The molecule has 0 saturated heterocycles. The predicted molar refractivity (Wildman–Crippen MR) is 179 cm³/mol. The van der Waals surface area contributed by atoms with Crippen molar-refractivity contribution in [1.29, 1.82) is 0 Å². The molecule has 0 aliphatic rings. The zero-order chi connectivity index (χ0) is 31.6. The van der Waals surface area contributed by atoms with Crippen LogP contribution < -0.4 is 10.1 Å². The zero-order valence-corrected chi connectivity index (χ0v) is 26.9. The molecule has 9 heteroatoms. The first kappa shape index (κ1) is 30.1. The number of carbonyl (C=O) groups is 1. The summed E-state index contributed by atoms with van der Waals surface area (Å²) in [5, 5.41) is 16.7. The van der Waals surface area contributed by atoms with Gasteiger partial charge in [0.05, 0.1) is 24.4 Å². The molecule has 0 saturated carbocycles. The molecule has 3 aromatic heterocycles. The molecule has 0 radical (unpaired) electrons. The van der Waals surface area contributed by atoms with Gasteiger partial charge in [0, 0.05) is 33.0 Å². The highest BCUT2D eigenvalue weighted by Gasteiger charge is 2.21. The van der Waals surface area contributed by atoms with Crippen molar-refractivity contribution in [3.63, 3.8) is 0 Å². The van der Waals surface area contributed by atoms with Crippen molar-refractivity contribution in [2.75, 3.05) is 11.9 Å². The van der Waals surface area contributed by atoms with Gasteiger partial charge in [-0.25, -0.2) is 4.68 Å². The molecule has 1 amide bonds. The van der Waals surface area contributed by atoms with Gasteiger partial charge in [-0.1, -0.05) is 74.5 Å². The van der Waals surface area contributed by atoms with Crippen LogP contribution in [0.25, 0.3) is 22.7 Å². The van der Waals surface area contributed by atoms with E-state index in [0.29, 0.717) is 12.4 Å². The first-order valence-corrected chi connectivity index (χ1v) is 15.8. The lowest BCUT2D eigenvalue weighted by Gasteiger charge is -2.14. The molecular weight excluding hydrogens is 581 g/mol. The van der Waals surface area contributed by atoms with E-state index in [9.17, 15) is 4.79 Å². The summed E-state index contributed by atoms with van der Waals surface area (Å²) in [5.74, 6) is 2.13. The maximum Gasteiger partial charge on any atom is 0.229 e. The number of aromatic nitrogens is 5. The van der Waals surface area contributed by atoms with E-state index in [4.69, 9.17) is 9.84 Å². The fourth-order valence-electron chi connectivity index (χ4n) is 4.92. The Kier molecular flexibility index (Phi) is 8.45. The number of pyridine rings is 1. The number of benzene rings is 3. The van der Waals surface area contributed by atoms with Gasteiger partial charge in [0.1, 0.15) is 11.6 Å². The highest BCUT2D eigenvalue weighted by atomic mass is 32.2. The molecule has 8 nitrogen and oxygen atoms in total. The molecule has 0 aliphatic carbocycles. The van der Waals surface area contributed by atoms with Gasteiger partial charge >= 0.3 is 0 Å². The van der Waals surface area contributed by atoms with Gasteiger partial charge in [-0.2, -0.15) is 5.10 Å². The van der Waals surface area contributed by atoms with Crippen molar-refractivity contribution < 1.29 is 9.53 Å². The van der Waals surface area contributed by atoms with Crippen LogP contribution in [0.15, 0.2) is 107 Å². The molecule has 45 heavy (non-hydrogen) atoms. The number of aryl methyl sites for hydroxylation is 1. The number of rotatable bonds is 9. The van der Waals surface area contributed by atoms with E-state index in [0.717, 1.165) is 49.5 Å². The van der Waals surface area contributed by atoms with Gasteiger partial charge in [0.15, 0.2) is 11.5 Å². The summed E-state index contributed by atoms with van der Waals surface area (Å²) in [4.78, 5) is 15.3. The normalized spacial score (nSPS) is 11.6. The second kappa shape index (κ2) is 12.6. The van der Waals surface area contributed by atoms with E-state index >= 15 is 0 Å². The van der Waals surface area contributed by atoms with Crippen LogP contribution in [0.2, 0.25) is 0 Å². The molecule has 6 aromatic rings. The van der Waals surface area contributed by atoms with Crippen LogP contribution in [0.4, 0.5) is 5.82 Å². The largest absolute Gasteiger partial charge is 0.494 e. The van der Waals surface area contributed by atoms with E-state index in [1.807, 2.05) is 113 Å². The summed E-state index contributed by atoms with van der Waals surface area (Å²) in [6.45, 7) is 11.0. The van der Waals surface area contributed by atoms with Crippen LogP contribution in [-0.2, 0) is 16.6 Å². The number of fused-ring (bicyclic) bond motifs is 1. The highest BCUT2D eigenvalue weighted by Crippen LogP contribution is 2.31. The molecule has 0 spiro atoms. The Morgan fingerprint density at radius 1 is 0.911 bits per heavy atom. The standard InChI is InChI=1S/C36H36N6O2S/c1-6-44-28-9-7-8-26(21-28)35-39-38-32-19-18-30(23-41(32)35)45-29-16-12-25(13-17-29)20-34(43)37-33-22-31(36(3,4)5)40-42(33)27-14-10-24(2)11-15-27/h7-19,21-23H,6,20H2,1-5H3,(H,37,43). The van der Waals surface area contributed by atoms with Gasteiger partial charge in [0.25, 0.3) is 0 Å². The van der Waals surface area contributed by atoms with Crippen LogP contribution in [0.1, 0.15) is 44.5 Å². The van der Waals surface area contributed by atoms with Crippen LogP contribution in [0.3, 0.4) is 0 Å². The van der Waals surface area contributed by atoms with Crippen molar-refractivity contribution >= 4 is 29.1 Å². The molecule has 0 unspecified atom stereocenters. The summed E-state index contributed by atoms with van der Waals surface area (Å²) in [6.07, 6.45) is 2.30. The van der Waals surface area contributed by atoms with E-state index in [1.165, 1.54) is 5.56 Å². The molecule has 3 heterocycles. The van der Waals surface area contributed by atoms with Crippen LogP contribution in [-0.4, -0.2) is 36.9 Å². The third kappa shape index (κ3) is 6.94. The SMILES string of the molecule is CCOc1cccc(-c2nnc3ccc(Sc4ccc(CC(=O)Nc5cc(C(C)(C)C)nn5-c5ccc(C)cc5)cc4)cn23)c1. The van der Waals surface area contributed by atoms with Gasteiger partial charge in [-0.15, -0.1) is 10.2 Å². The Hall–Kier alpha value is -4.89. The van der Waals surface area contributed by atoms with E-state index < -0.39 is 0 Å². The molecule has 228 valence electrons. The summed E-state index contributed by atoms with van der Waals surface area (Å²) < 4.78 is 9.48. The van der Waals surface area contributed by atoms with Gasteiger partial charge in [-0.3, -0.25) is 9.20 Å². The average molecular weight is 617 g/mol.